The smallest absolute Gasteiger partial charge is 0.223 e. The van der Waals surface area contributed by atoms with Gasteiger partial charge in [-0.3, -0.25) is 4.79 Å². The molecule has 11 nitrogen and oxygen atoms in total. The monoisotopic (exact) mass is 551 g/mol. The molecule has 40 heavy (non-hydrogen) atoms. The number of aliphatic hydroxyl groups excluding tert-OH is 1. The van der Waals surface area contributed by atoms with Crippen molar-refractivity contribution in [2.45, 2.75) is 51.5 Å². The lowest BCUT2D eigenvalue weighted by molar-refractivity contribution is -0.228. The van der Waals surface area contributed by atoms with E-state index in [1.54, 1.807) is 31.3 Å². The van der Waals surface area contributed by atoms with E-state index in [1.807, 2.05) is 0 Å². The third-order valence-corrected chi connectivity index (χ3v) is 7.08. The van der Waals surface area contributed by atoms with Crippen molar-refractivity contribution < 1.29 is 23.8 Å². The highest BCUT2D eigenvalue weighted by Gasteiger charge is 2.42. The highest BCUT2D eigenvalue weighted by atomic mass is 19.1. The minimum Gasteiger partial charge on any atom is -0.393 e. The van der Waals surface area contributed by atoms with Crippen LogP contribution in [0.5, 0.6) is 0 Å². The van der Waals surface area contributed by atoms with Crippen LogP contribution in [0, 0.1) is 16.6 Å². The Bertz CT molecular complexity index is 1350. The second-order valence-corrected chi connectivity index (χ2v) is 10.7. The van der Waals surface area contributed by atoms with Gasteiger partial charge in [-0.1, -0.05) is 0 Å². The maximum Gasteiger partial charge on any atom is 0.223 e. The second kappa shape index (κ2) is 11.9. The number of Topliss-reactive ketones (excluding diaryl/α,β-unsaturated/α-hetero) is 1. The summed E-state index contributed by atoms with van der Waals surface area (Å²) in [6.07, 6.45) is 1.90. The summed E-state index contributed by atoms with van der Waals surface area (Å²) in [5.74, 6) is 0.0911. The van der Waals surface area contributed by atoms with E-state index < -0.39 is 23.6 Å². The highest BCUT2D eigenvalue weighted by molar-refractivity contribution is 6.40. The van der Waals surface area contributed by atoms with Gasteiger partial charge in [0.05, 0.1) is 47.5 Å². The number of aromatic nitrogens is 4. The molecule has 5 N–H and O–H groups in total. The van der Waals surface area contributed by atoms with Crippen molar-refractivity contribution in [3.8, 4) is 22.6 Å². The minimum absolute atomic E-state index is 0.0123. The van der Waals surface area contributed by atoms with Crippen molar-refractivity contribution in [2.75, 3.05) is 31.6 Å². The van der Waals surface area contributed by atoms with E-state index in [4.69, 9.17) is 24.9 Å². The summed E-state index contributed by atoms with van der Waals surface area (Å²) in [5.41, 5.74) is 1.17. The molecule has 2 aliphatic heterocycles. The van der Waals surface area contributed by atoms with Crippen LogP contribution in [-0.2, 0) is 14.3 Å². The Balaban J connectivity index is 1.40. The molecule has 0 spiro atoms. The number of halogens is 1. The molecule has 2 saturated heterocycles. The molecule has 12 heteroatoms. The molecule has 3 aromatic rings. The molecule has 1 atom stereocenters. The number of nitrogens with zero attached hydrogens (tertiary/aromatic N) is 3. The Morgan fingerprint density at radius 1 is 1.20 bits per heavy atom. The second-order valence-electron chi connectivity index (χ2n) is 10.7. The zero-order valence-electron chi connectivity index (χ0n) is 22.5. The van der Waals surface area contributed by atoms with Crippen LogP contribution in [-0.4, -0.2) is 75.0 Å². The van der Waals surface area contributed by atoms with Crippen LogP contribution in [0.2, 0.25) is 0 Å². The normalized spacial score (nSPS) is 22.6. The third-order valence-electron chi connectivity index (χ3n) is 7.08. The Hall–Kier alpha value is -3.58. The first-order chi connectivity index (χ1) is 19.2. The average molecular weight is 552 g/mol. The number of carbonyl (C=O) groups excluding carboxylic acids is 1. The van der Waals surface area contributed by atoms with Crippen molar-refractivity contribution in [1.29, 1.82) is 5.41 Å². The number of ether oxygens (including phenoxy) is 2. The van der Waals surface area contributed by atoms with Gasteiger partial charge >= 0.3 is 0 Å². The number of piperidine rings is 1. The predicted molar refractivity (Wildman–Crippen MR) is 146 cm³/mol. The molecule has 0 aliphatic carbocycles. The van der Waals surface area contributed by atoms with Crippen LogP contribution in [0.25, 0.3) is 22.6 Å². The van der Waals surface area contributed by atoms with Crippen LogP contribution in [0.4, 0.5) is 10.3 Å². The Kier molecular flexibility index (Phi) is 8.31. The number of nitrogens with one attached hydrogen (secondary N) is 4. The minimum atomic E-state index is -1.06. The summed E-state index contributed by atoms with van der Waals surface area (Å²) >= 11 is 0. The standard InChI is InChI=1S/C28H34FN7O4/c1-16(37)13-20(30)24(38)28(2)14-39-26(40-15-28)25-35-22(17-3-5-18(29)6-4-17)23(36-25)21-9-12-32-27(34-21)33-19-7-10-31-11-8-19/h3-6,9,12,16,19,26,30-31,37H,7-8,10-11,13-15H2,1-2H3,(H,35,36)(H,32,33,34). The first-order valence-corrected chi connectivity index (χ1v) is 13.4. The lowest BCUT2D eigenvalue weighted by atomic mass is 9.83. The van der Waals surface area contributed by atoms with E-state index in [9.17, 15) is 14.3 Å². The number of carbonyl (C=O) groups is 1. The number of ketones is 1. The van der Waals surface area contributed by atoms with E-state index >= 15 is 0 Å². The van der Waals surface area contributed by atoms with Gasteiger partial charge in [0.2, 0.25) is 12.2 Å². The quantitative estimate of drug-likeness (QED) is 0.252. The van der Waals surface area contributed by atoms with E-state index in [-0.39, 0.29) is 37.2 Å². The van der Waals surface area contributed by atoms with Gasteiger partial charge in [0.1, 0.15) is 5.82 Å². The molecule has 2 aromatic heterocycles. The largest absolute Gasteiger partial charge is 0.393 e. The number of benzene rings is 1. The zero-order valence-corrected chi connectivity index (χ0v) is 22.5. The maximum atomic E-state index is 13.7. The molecule has 2 aliphatic rings. The molecule has 5 rings (SSSR count). The van der Waals surface area contributed by atoms with Gasteiger partial charge in [-0.05, 0) is 70.1 Å². The Morgan fingerprint density at radius 3 is 2.58 bits per heavy atom. The first-order valence-electron chi connectivity index (χ1n) is 13.4. The number of aromatic amines is 1. The lowest BCUT2D eigenvalue weighted by Crippen LogP contribution is -2.46. The van der Waals surface area contributed by atoms with Gasteiger partial charge in [-0.15, -0.1) is 0 Å². The summed E-state index contributed by atoms with van der Waals surface area (Å²) in [6, 6.07) is 8.05. The summed E-state index contributed by atoms with van der Waals surface area (Å²) in [6.45, 7) is 5.10. The van der Waals surface area contributed by atoms with E-state index in [0.29, 0.717) is 34.4 Å². The number of anilines is 1. The van der Waals surface area contributed by atoms with Crippen molar-refractivity contribution in [3.63, 3.8) is 0 Å². The highest BCUT2D eigenvalue weighted by Crippen LogP contribution is 2.36. The summed E-state index contributed by atoms with van der Waals surface area (Å²) in [5, 5.41) is 24.4. The third kappa shape index (κ3) is 6.25. The number of aliphatic hydroxyl groups is 1. The number of hydrogen-bond acceptors (Lipinski definition) is 10. The van der Waals surface area contributed by atoms with Crippen molar-refractivity contribution >= 4 is 17.4 Å². The fourth-order valence-electron chi connectivity index (χ4n) is 4.87. The lowest BCUT2D eigenvalue weighted by Gasteiger charge is -2.35. The predicted octanol–water partition coefficient (Wildman–Crippen LogP) is 3.25. The number of hydrogen-bond donors (Lipinski definition) is 5. The van der Waals surface area contributed by atoms with Gasteiger partial charge < -0.3 is 35.6 Å². The average Bonchev–Trinajstić information content (AvgIpc) is 3.39. The van der Waals surface area contributed by atoms with Gasteiger partial charge in [0.25, 0.3) is 0 Å². The SMILES string of the molecule is CC(O)CC(=N)C(=O)C1(C)COC(c2nc(-c3ccc(F)cc3)c(-c3ccnc(NC4CCNCC4)n3)[nH]2)OC1. The van der Waals surface area contributed by atoms with Gasteiger partial charge in [0, 0.05) is 24.2 Å². The van der Waals surface area contributed by atoms with Crippen LogP contribution in [0.15, 0.2) is 36.5 Å². The van der Waals surface area contributed by atoms with Crippen molar-refractivity contribution in [2.24, 2.45) is 5.41 Å². The molecule has 0 radical (unpaired) electrons. The summed E-state index contributed by atoms with van der Waals surface area (Å²) in [7, 11) is 0. The molecule has 1 unspecified atom stereocenters. The zero-order chi connectivity index (χ0) is 28.3. The molecule has 4 heterocycles. The number of rotatable bonds is 9. The molecule has 0 bridgehead atoms. The van der Waals surface area contributed by atoms with E-state index in [1.165, 1.54) is 19.1 Å². The van der Waals surface area contributed by atoms with Crippen LogP contribution in [0.1, 0.15) is 45.2 Å². The topological polar surface area (TPSA) is 158 Å². The van der Waals surface area contributed by atoms with Crippen LogP contribution >= 0.6 is 0 Å². The fourth-order valence-corrected chi connectivity index (χ4v) is 4.87. The summed E-state index contributed by atoms with van der Waals surface area (Å²) in [4.78, 5) is 30.0. The summed E-state index contributed by atoms with van der Waals surface area (Å²) < 4.78 is 25.6. The molecular formula is C28H34FN7O4. The fraction of sp³-hybridized carbons (Fsp3) is 0.464. The maximum absolute atomic E-state index is 13.7. The van der Waals surface area contributed by atoms with E-state index in [2.05, 4.69) is 20.6 Å². The molecule has 1 aromatic carbocycles. The van der Waals surface area contributed by atoms with Gasteiger partial charge in [-0.2, -0.15) is 0 Å². The Morgan fingerprint density at radius 2 is 1.90 bits per heavy atom. The Labute approximate surface area is 231 Å². The van der Waals surface area contributed by atoms with Crippen LogP contribution in [0.3, 0.4) is 0 Å². The first kappa shape index (κ1) is 28.0. The molecular weight excluding hydrogens is 517 g/mol. The molecule has 2 fully saturated rings. The van der Waals surface area contributed by atoms with Crippen LogP contribution < -0.4 is 10.6 Å². The van der Waals surface area contributed by atoms with E-state index in [0.717, 1.165) is 25.9 Å². The number of H-pyrrole nitrogens is 1. The molecule has 0 saturated carbocycles. The van der Waals surface area contributed by atoms with Crippen molar-refractivity contribution in [3.05, 3.63) is 48.2 Å². The van der Waals surface area contributed by atoms with Gasteiger partial charge in [-0.25, -0.2) is 19.3 Å². The molecule has 0 amide bonds. The van der Waals surface area contributed by atoms with Crippen molar-refractivity contribution in [1.82, 2.24) is 25.3 Å². The number of imidazole rings is 1. The van der Waals surface area contributed by atoms with Gasteiger partial charge in [0.15, 0.2) is 11.6 Å². The molecule has 212 valence electrons.